The van der Waals surface area contributed by atoms with Crippen molar-refractivity contribution in [1.82, 2.24) is 9.97 Å². The van der Waals surface area contributed by atoms with Crippen LogP contribution in [-0.4, -0.2) is 22.5 Å². The Bertz CT molecular complexity index is 1210. The summed E-state index contributed by atoms with van der Waals surface area (Å²) < 4.78 is 5.29. The lowest BCUT2D eigenvalue weighted by Gasteiger charge is -2.17. The molecule has 0 radical (unpaired) electrons. The van der Waals surface area contributed by atoms with Gasteiger partial charge in [-0.1, -0.05) is 12.1 Å². The predicted molar refractivity (Wildman–Crippen MR) is 108 cm³/mol. The zero-order valence-electron chi connectivity index (χ0n) is 15.2. The number of carbonyl (C=O) groups is 1. The van der Waals surface area contributed by atoms with Crippen LogP contribution in [0.2, 0.25) is 0 Å². The molecule has 0 unspecified atom stereocenters. The summed E-state index contributed by atoms with van der Waals surface area (Å²) in [4.78, 5) is 43.3. The molecule has 0 aliphatic carbocycles. The maximum atomic E-state index is 12.8. The van der Waals surface area contributed by atoms with E-state index in [0.717, 1.165) is 0 Å². The lowest BCUT2D eigenvalue weighted by molar-refractivity contribution is -0.143. The zero-order chi connectivity index (χ0) is 19.7. The Labute approximate surface area is 159 Å². The highest BCUT2D eigenvalue weighted by molar-refractivity contribution is 5.88. The number of aromatic amines is 2. The fourth-order valence-corrected chi connectivity index (χ4v) is 3.43. The van der Waals surface area contributed by atoms with Crippen LogP contribution < -0.4 is 10.9 Å². The number of aromatic nitrogens is 2. The maximum Gasteiger partial charge on any atom is 0.317 e. The molecule has 0 bridgehead atoms. The van der Waals surface area contributed by atoms with E-state index in [2.05, 4.69) is 9.97 Å². The van der Waals surface area contributed by atoms with Crippen molar-refractivity contribution in [2.75, 3.05) is 6.61 Å². The standard InChI is InChI=1S/C22H18N2O4/c1-2-28-22(27)21(13-3-5-17-15(11-13)19(25)7-9-23-17)14-4-6-18-16(12-14)20(26)8-10-24-18/h3-12,21H,2H2,1H3,(H,23,25)(H,24,26). The zero-order valence-corrected chi connectivity index (χ0v) is 15.2. The van der Waals surface area contributed by atoms with Crippen molar-refractivity contribution in [3.63, 3.8) is 0 Å². The van der Waals surface area contributed by atoms with Gasteiger partial charge in [0.15, 0.2) is 10.9 Å². The van der Waals surface area contributed by atoms with E-state index in [9.17, 15) is 14.4 Å². The van der Waals surface area contributed by atoms with Crippen molar-refractivity contribution in [2.24, 2.45) is 0 Å². The largest absolute Gasteiger partial charge is 0.465 e. The second-order valence-corrected chi connectivity index (χ2v) is 6.48. The molecule has 0 amide bonds. The average Bonchev–Trinajstić information content (AvgIpc) is 2.70. The lowest BCUT2D eigenvalue weighted by Crippen LogP contribution is -2.18. The minimum absolute atomic E-state index is 0.131. The molecule has 140 valence electrons. The number of ether oxygens (including phenoxy) is 1. The smallest absolute Gasteiger partial charge is 0.317 e. The van der Waals surface area contributed by atoms with Crippen LogP contribution in [0.3, 0.4) is 0 Å². The van der Waals surface area contributed by atoms with Crippen LogP contribution in [0.4, 0.5) is 0 Å². The Morgan fingerprint density at radius 2 is 1.36 bits per heavy atom. The van der Waals surface area contributed by atoms with E-state index < -0.39 is 11.9 Å². The molecule has 0 spiro atoms. The Kier molecular flexibility index (Phi) is 4.53. The van der Waals surface area contributed by atoms with Gasteiger partial charge in [-0.05, 0) is 42.3 Å². The van der Waals surface area contributed by atoms with Crippen LogP contribution in [0, 0.1) is 0 Å². The van der Waals surface area contributed by atoms with E-state index in [1.54, 1.807) is 55.7 Å². The first-order valence-electron chi connectivity index (χ1n) is 8.98. The van der Waals surface area contributed by atoms with Crippen molar-refractivity contribution < 1.29 is 9.53 Å². The van der Waals surface area contributed by atoms with Crippen molar-refractivity contribution >= 4 is 27.8 Å². The monoisotopic (exact) mass is 374 g/mol. The van der Waals surface area contributed by atoms with Crippen LogP contribution in [0.5, 0.6) is 0 Å². The molecule has 0 fully saturated rings. The molecule has 6 nitrogen and oxygen atoms in total. The summed E-state index contributed by atoms with van der Waals surface area (Å²) in [6.45, 7) is 1.98. The van der Waals surface area contributed by atoms with E-state index in [-0.39, 0.29) is 17.5 Å². The summed E-state index contributed by atoms with van der Waals surface area (Å²) in [5, 5.41) is 0.987. The molecule has 2 aromatic heterocycles. The third kappa shape index (κ3) is 3.09. The lowest BCUT2D eigenvalue weighted by atomic mass is 9.89. The number of nitrogens with one attached hydrogen (secondary N) is 2. The van der Waals surface area contributed by atoms with Gasteiger partial charge in [-0.2, -0.15) is 0 Å². The highest BCUT2D eigenvalue weighted by Gasteiger charge is 2.25. The molecule has 0 saturated heterocycles. The van der Waals surface area contributed by atoms with Gasteiger partial charge in [-0.3, -0.25) is 14.4 Å². The van der Waals surface area contributed by atoms with Gasteiger partial charge in [0.05, 0.1) is 6.61 Å². The average molecular weight is 374 g/mol. The fraction of sp³-hybridized carbons (Fsp3) is 0.136. The molecule has 6 heteroatoms. The van der Waals surface area contributed by atoms with Crippen LogP contribution in [0.25, 0.3) is 21.8 Å². The molecule has 0 aliphatic heterocycles. The van der Waals surface area contributed by atoms with Crippen LogP contribution in [0.15, 0.2) is 70.5 Å². The molecule has 0 aliphatic rings. The van der Waals surface area contributed by atoms with Gasteiger partial charge in [0, 0.05) is 46.3 Å². The number of hydrogen-bond donors (Lipinski definition) is 2. The molecule has 0 saturated carbocycles. The van der Waals surface area contributed by atoms with Gasteiger partial charge in [0.25, 0.3) is 0 Å². The highest BCUT2D eigenvalue weighted by atomic mass is 16.5. The Morgan fingerprint density at radius 1 is 0.857 bits per heavy atom. The van der Waals surface area contributed by atoms with Gasteiger partial charge in [0.1, 0.15) is 5.92 Å². The Balaban J connectivity index is 1.92. The number of H-pyrrole nitrogens is 2. The number of benzene rings is 2. The summed E-state index contributed by atoms with van der Waals surface area (Å²) in [5.41, 5.74) is 2.38. The van der Waals surface area contributed by atoms with Gasteiger partial charge < -0.3 is 14.7 Å². The number of rotatable bonds is 4. The summed E-state index contributed by atoms with van der Waals surface area (Å²) >= 11 is 0. The number of esters is 1. The Hall–Kier alpha value is -3.67. The van der Waals surface area contributed by atoms with E-state index in [0.29, 0.717) is 32.9 Å². The van der Waals surface area contributed by atoms with Crippen molar-refractivity contribution in [2.45, 2.75) is 12.8 Å². The van der Waals surface area contributed by atoms with Gasteiger partial charge in [-0.15, -0.1) is 0 Å². The van der Waals surface area contributed by atoms with Crippen LogP contribution in [0.1, 0.15) is 24.0 Å². The first kappa shape index (κ1) is 17.7. The minimum atomic E-state index is -0.743. The van der Waals surface area contributed by atoms with Crippen LogP contribution in [-0.2, 0) is 9.53 Å². The summed E-state index contributed by atoms with van der Waals surface area (Å²) in [5.74, 6) is -1.17. The molecular formula is C22H18N2O4. The van der Waals surface area contributed by atoms with Crippen LogP contribution >= 0.6 is 0 Å². The van der Waals surface area contributed by atoms with Gasteiger partial charge in [-0.25, -0.2) is 0 Å². The quantitative estimate of drug-likeness (QED) is 0.537. The predicted octanol–water partition coefficient (Wildman–Crippen LogP) is 3.06. The van der Waals surface area contributed by atoms with Gasteiger partial charge >= 0.3 is 5.97 Å². The minimum Gasteiger partial charge on any atom is -0.465 e. The topological polar surface area (TPSA) is 92.0 Å². The highest BCUT2D eigenvalue weighted by Crippen LogP contribution is 2.29. The first-order valence-corrected chi connectivity index (χ1v) is 8.98. The van der Waals surface area contributed by atoms with E-state index in [4.69, 9.17) is 4.74 Å². The van der Waals surface area contributed by atoms with Crippen molar-refractivity contribution in [1.29, 1.82) is 0 Å². The third-order valence-corrected chi connectivity index (χ3v) is 4.75. The molecule has 28 heavy (non-hydrogen) atoms. The fourth-order valence-electron chi connectivity index (χ4n) is 3.43. The third-order valence-electron chi connectivity index (χ3n) is 4.75. The molecule has 0 atom stereocenters. The maximum absolute atomic E-state index is 12.8. The number of fused-ring (bicyclic) bond motifs is 2. The van der Waals surface area contributed by atoms with Crippen molar-refractivity contribution in [3.05, 3.63) is 92.5 Å². The second-order valence-electron chi connectivity index (χ2n) is 6.48. The Morgan fingerprint density at radius 3 is 1.82 bits per heavy atom. The summed E-state index contributed by atoms with van der Waals surface area (Å²) in [6.07, 6.45) is 3.17. The van der Waals surface area contributed by atoms with Crippen molar-refractivity contribution in [3.8, 4) is 0 Å². The molecule has 4 aromatic rings. The molecule has 4 rings (SSSR count). The molecule has 2 N–H and O–H groups in total. The summed E-state index contributed by atoms with van der Waals surface area (Å²) in [7, 11) is 0. The SMILES string of the molecule is CCOC(=O)C(c1ccc2[nH]ccc(=O)c2c1)c1ccc2[nH]ccc(=O)c2c1. The number of hydrogen-bond acceptors (Lipinski definition) is 4. The summed E-state index contributed by atoms with van der Waals surface area (Å²) in [6, 6.07) is 13.4. The molecule has 2 heterocycles. The molecular weight excluding hydrogens is 356 g/mol. The normalized spacial score (nSPS) is 11.2. The second kappa shape index (κ2) is 7.15. The van der Waals surface area contributed by atoms with E-state index in [1.807, 2.05) is 0 Å². The number of pyridine rings is 2. The number of carbonyl (C=O) groups excluding carboxylic acids is 1. The van der Waals surface area contributed by atoms with E-state index >= 15 is 0 Å². The van der Waals surface area contributed by atoms with Gasteiger partial charge in [0.2, 0.25) is 0 Å². The molecule has 2 aromatic carbocycles. The first-order chi connectivity index (χ1) is 13.6. The van der Waals surface area contributed by atoms with E-state index in [1.165, 1.54) is 12.1 Å².